The molecule has 94 valence electrons. The second kappa shape index (κ2) is 6.24. The number of aromatic nitrogens is 3. The number of thioether (sulfide) groups is 1. The number of aromatic amines is 1. The molecular formula is C9H13N3O4S. The van der Waals surface area contributed by atoms with Crippen molar-refractivity contribution < 1.29 is 14.3 Å². The van der Waals surface area contributed by atoms with Gasteiger partial charge in [0, 0.05) is 7.05 Å². The Morgan fingerprint density at radius 1 is 1.53 bits per heavy atom. The lowest BCUT2D eigenvalue weighted by Gasteiger charge is -2.01. The molecule has 7 nitrogen and oxygen atoms in total. The van der Waals surface area contributed by atoms with Gasteiger partial charge in [0.1, 0.15) is 6.42 Å². The summed E-state index contributed by atoms with van der Waals surface area (Å²) in [6, 6.07) is 0. The monoisotopic (exact) mass is 259 g/mol. The fourth-order valence-corrected chi connectivity index (χ4v) is 1.81. The standard InChI is InChI=1S/C9H13N3O4S/c1-3-16-7(14)4-6(13)5-17-9-11-10-8(15)12(9)2/h3-5H2,1-2H3,(H,10,15). The maximum atomic E-state index is 11.4. The molecular weight excluding hydrogens is 246 g/mol. The van der Waals surface area contributed by atoms with E-state index in [9.17, 15) is 14.4 Å². The van der Waals surface area contributed by atoms with Gasteiger partial charge in [-0.25, -0.2) is 9.89 Å². The third-order valence-corrected chi connectivity index (χ3v) is 2.94. The Morgan fingerprint density at radius 3 is 2.76 bits per heavy atom. The quantitative estimate of drug-likeness (QED) is 0.429. The van der Waals surface area contributed by atoms with Crippen molar-refractivity contribution in [2.75, 3.05) is 12.4 Å². The molecule has 0 spiro atoms. The second-order valence-corrected chi connectivity index (χ2v) is 4.12. The highest BCUT2D eigenvalue weighted by atomic mass is 32.2. The van der Waals surface area contributed by atoms with E-state index in [4.69, 9.17) is 0 Å². The smallest absolute Gasteiger partial charge is 0.343 e. The highest BCUT2D eigenvalue weighted by Crippen LogP contribution is 2.12. The minimum atomic E-state index is -0.533. The Hall–Kier alpha value is -1.57. The molecule has 0 bridgehead atoms. The lowest BCUT2D eigenvalue weighted by molar-refractivity contribution is -0.145. The molecule has 1 rings (SSSR count). The molecule has 0 saturated heterocycles. The number of esters is 1. The van der Waals surface area contributed by atoms with E-state index >= 15 is 0 Å². The Kier molecular flexibility index (Phi) is 4.95. The van der Waals surface area contributed by atoms with Gasteiger partial charge >= 0.3 is 11.7 Å². The molecule has 0 amide bonds. The van der Waals surface area contributed by atoms with Crippen LogP contribution in [0.2, 0.25) is 0 Å². The van der Waals surface area contributed by atoms with Crippen LogP contribution >= 0.6 is 11.8 Å². The molecule has 0 saturated carbocycles. The van der Waals surface area contributed by atoms with Gasteiger partial charge in [0.15, 0.2) is 10.9 Å². The number of H-pyrrole nitrogens is 1. The number of ether oxygens (including phenoxy) is 1. The van der Waals surface area contributed by atoms with Crippen LogP contribution in [0.4, 0.5) is 0 Å². The second-order valence-electron chi connectivity index (χ2n) is 3.18. The van der Waals surface area contributed by atoms with E-state index in [2.05, 4.69) is 14.9 Å². The summed E-state index contributed by atoms with van der Waals surface area (Å²) in [5.74, 6) is -0.713. The first-order valence-corrected chi connectivity index (χ1v) is 5.94. The van der Waals surface area contributed by atoms with Crippen molar-refractivity contribution in [3.63, 3.8) is 0 Å². The molecule has 0 fully saturated rings. The van der Waals surface area contributed by atoms with Crippen molar-refractivity contribution in [3.8, 4) is 0 Å². The molecule has 0 aromatic carbocycles. The van der Waals surface area contributed by atoms with Crippen molar-refractivity contribution in [1.29, 1.82) is 0 Å². The van der Waals surface area contributed by atoms with Crippen molar-refractivity contribution in [1.82, 2.24) is 14.8 Å². The van der Waals surface area contributed by atoms with Crippen molar-refractivity contribution in [3.05, 3.63) is 10.5 Å². The van der Waals surface area contributed by atoms with Crippen molar-refractivity contribution in [2.24, 2.45) is 7.05 Å². The first-order chi connectivity index (χ1) is 8.04. The van der Waals surface area contributed by atoms with Crippen LogP contribution in [-0.4, -0.2) is 38.9 Å². The van der Waals surface area contributed by atoms with Gasteiger partial charge < -0.3 is 4.74 Å². The van der Waals surface area contributed by atoms with E-state index in [1.807, 2.05) is 0 Å². The summed E-state index contributed by atoms with van der Waals surface area (Å²) in [6.45, 7) is 1.93. The third kappa shape index (κ3) is 4.06. The molecule has 0 atom stereocenters. The van der Waals surface area contributed by atoms with Gasteiger partial charge in [0.25, 0.3) is 0 Å². The van der Waals surface area contributed by atoms with Gasteiger partial charge in [-0.2, -0.15) is 0 Å². The van der Waals surface area contributed by atoms with Crippen molar-refractivity contribution in [2.45, 2.75) is 18.5 Å². The minimum Gasteiger partial charge on any atom is -0.466 e. The topological polar surface area (TPSA) is 94.1 Å². The largest absolute Gasteiger partial charge is 0.466 e. The summed E-state index contributed by atoms with van der Waals surface area (Å²) in [5, 5.41) is 6.39. The van der Waals surface area contributed by atoms with Crippen LogP contribution in [0, 0.1) is 0 Å². The minimum absolute atomic E-state index is 0.0803. The van der Waals surface area contributed by atoms with E-state index < -0.39 is 5.97 Å². The van der Waals surface area contributed by atoms with Crippen LogP contribution in [0.1, 0.15) is 13.3 Å². The molecule has 8 heteroatoms. The zero-order chi connectivity index (χ0) is 12.8. The predicted octanol–water partition coefficient (Wildman–Crippen LogP) is -0.277. The molecule has 1 aromatic rings. The van der Waals surface area contributed by atoms with Gasteiger partial charge in [-0.15, -0.1) is 5.10 Å². The average molecular weight is 259 g/mol. The number of carbonyl (C=O) groups excluding carboxylic acids is 2. The highest BCUT2D eigenvalue weighted by Gasteiger charge is 2.12. The molecule has 1 N–H and O–H groups in total. The van der Waals surface area contributed by atoms with Gasteiger partial charge in [0.05, 0.1) is 12.4 Å². The zero-order valence-electron chi connectivity index (χ0n) is 9.56. The summed E-state index contributed by atoms with van der Waals surface area (Å²) >= 11 is 1.10. The van der Waals surface area contributed by atoms with Gasteiger partial charge in [-0.1, -0.05) is 11.8 Å². The average Bonchev–Trinajstić information content (AvgIpc) is 2.57. The SMILES string of the molecule is CCOC(=O)CC(=O)CSc1n[nH]c(=O)n1C. The molecule has 0 aliphatic rings. The van der Waals surface area contributed by atoms with Crippen LogP contribution in [-0.2, 0) is 21.4 Å². The Bertz CT molecular complexity index is 465. The molecule has 1 heterocycles. The summed E-state index contributed by atoms with van der Waals surface area (Å²) < 4.78 is 5.94. The number of nitrogens with zero attached hydrogens (tertiary/aromatic N) is 2. The number of nitrogens with one attached hydrogen (secondary N) is 1. The molecule has 0 unspecified atom stereocenters. The summed E-state index contributed by atoms with van der Waals surface area (Å²) in [6.07, 6.45) is -0.251. The van der Waals surface area contributed by atoms with E-state index in [-0.39, 0.29) is 30.3 Å². The van der Waals surface area contributed by atoms with E-state index in [0.29, 0.717) is 5.16 Å². The molecule has 0 aliphatic carbocycles. The summed E-state index contributed by atoms with van der Waals surface area (Å²) in [7, 11) is 1.55. The third-order valence-electron chi connectivity index (χ3n) is 1.85. The first-order valence-electron chi connectivity index (χ1n) is 4.96. The maximum Gasteiger partial charge on any atom is 0.343 e. The first kappa shape index (κ1) is 13.5. The van der Waals surface area contributed by atoms with Crippen LogP contribution in [0.3, 0.4) is 0 Å². The van der Waals surface area contributed by atoms with Crippen LogP contribution in [0.5, 0.6) is 0 Å². The number of ketones is 1. The van der Waals surface area contributed by atoms with Gasteiger partial charge in [0.2, 0.25) is 0 Å². The summed E-state index contributed by atoms with van der Waals surface area (Å²) in [4.78, 5) is 33.4. The van der Waals surface area contributed by atoms with E-state index in [1.165, 1.54) is 4.57 Å². The fraction of sp³-hybridized carbons (Fsp3) is 0.556. The molecule has 0 radical (unpaired) electrons. The van der Waals surface area contributed by atoms with Crippen LogP contribution in [0.25, 0.3) is 0 Å². The maximum absolute atomic E-state index is 11.4. The number of rotatable bonds is 6. The lowest BCUT2D eigenvalue weighted by atomic mass is 10.3. The van der Waals surface area contributed by atoms with Gasteiger partial charge in [-0.05, 0) is 6.92 Å². The van der Waals surface area contributed by atoms with Gasteiger partial charge in [-0.3, -0.25) is 14.2 Å². The number of hydrogen-bond acceptors (Lipinski definition) is 6. The Labute approximate surface area is 102 Å². The lowest BCUT2D eigenvalue weighted by Crippen LogP contribution is -2.15. The van der Waals surface area contributed by atoms with E-state index in [0.717, 1.165) is 11.8 Å². The molecule has 1 aromatic heterocycles. The highest BCUT2D eigenvalue weighted by molar-refractivity contribution is 7.99. The number of Topliss-reactive ketones (excluding diaryl/α,β-unsaturated/α-hetero) is 1. The van der Waals surface area contributed by atoms with Crippen LogP contribution < -0.4 is 5.69 Å². The zero-order valence-corrected chi connectivity index (χ0v) is 10.4. The normalized spacial score (nSPS) is 10.2. The Balaban J connectivity index is 2.41. The Morgan fingerprint density at radius 2 is 2.24 bits per heavy atom. The van der Waals surface area contributed by atoms with E-state index in [1.54, 1.807) is 14.0 Å². The fourth-order valence-electron chi connectivity index (χ4n) is 1.03. The number of hydrogen-bond donors (Lipinski definition) is 1. The van der Waals surface area contributed by atoms with Crippen molar-refractivity contribution >= 4 is 23.5 Å². The summed E-state index contributed by atoms with van der Waals surface area (Å²) in [5.41, 5.74) is -0.342. The molecule has 17 heavy (non-hydrogen) atoms. The number of carbonyl (C=O) groups is 2. The predicted molar refractivity (Wildman–Crippen MR) is 60.8 cm³/mol. The van der Waals surface area contributed by atoms with Crippen LogP contribution in [0.15, 0.2) is 9.95 Å². The molecule has 0 aliphatic heterocycles.